The molecule has 1 N–H and O–H groups in total. The van der Waals surface area contributed by atoms with Crippen LogP contribution in [0.2, 0.25) is 0 Å². The van der Waals surface area contributed by atoms with Crippen LogP contribution in [-0.2, 0) is 0 Å². The van der Waals surface area contributed by atoms with E-state index < -0.39 is 0 Å². The van der Waals surface area contributed by atoms with E-state index in [0.717, 1.165) is 0 Å². The third-order valence-corrected chi connectivity index (χ3v) is 2.52. The van der Waals surface area contributed by atoms with E-state index in [0.29, 0.717) is 10.4 Å². The smallest absolute Gasteiger partial charge is 0.262 e. The minimum Gasteiger partial charge on any atom is -0.328 e. The van der Waals surface area contributed by atoms with Crippen LogP contribution in [0.15, 0.2) is 21.5 Å². The molecule has 11 heavy (non-hydrogen) atoms. The second-order valence-corrected chi connectivity index (χ2v) is 3.74. The third kappa shape index (κ3) is 1.38. The van der Waals surface area contributed by atoms with Gasteiger partial charge in [-0.25, -0.2) is 0 Å². The molecule has 1 aromatic heterocycles. The molecule has 0 aliphatic heterocycles. The van der Waals surface area contributed by atoms with E-state index >= 15 is 0 Å². The average molecular weight is 214 g/mol. The maximum absolute atomic E-state index is 10.9. The van der Waals surface area contributed by atoms with Crippen LogP contribution in [0.5, 0.6) is 0 Å². The van der Waals surface area contributed by atoms with Crippen LogP contribution in [0.1, 0.15) is 24.3 Å². The zero-order valence-corrected chi connectivity index (χ0v) is 7.52. The summed E-state index contributed by atoms with van der Waals surface area (Å²) in [5.74, 6) is 0.697. The fraction of sp³-hybridized carbons (Fsp3) is 0.375. The van der Waals surface area contributed by atoms with E-state index in [9.17, 15) is 4.79 Å². The summed E-state index contributed by atoms with van der Waals surface area (Å²) < 4.78 is 0.641. The zero-order chi connectivity index (χ0) is 7.84. The first kappa shape index (κ1) is 7.10. The van der Waals surface area contributed by atoms with Crippen molar-refractivity contribution in [3.8, 4) is 0 Å². The van der Waals surface area contributed by atoms with Gasteiger partial charge in [-0.1, -0.05) is 0 Å². The van der Waals surface area contributed by atoms with Gasteiger partial charge in [0.05, 0.1) is 4.47 Å². The first-order valence-electron chi connectivity index (χ1n) is 3.65. The lowest BCUT2D eigenvalue weighted by Gasteiger charge is -1.95. The molecule has 2 rings (SSSR count). The second-order valence-electron chi connectivity index (χ2n) is 2.88. The Morgan fingerprint density at radius 3 is 2.82 bits per heavy atom. The standard InChI is InChI=1S/C8H8BrNO/c9-7-3-6(5-1-2-5)4-10-8(7)11/h3-5H,1-2H2,(H,10,11). The van der Waals surface area contributed by atoms with Gasteiger partial charge in [0, 0.05) is 6.20 Å². The van der Waals surface area contributed by atoms with E-state index in [-0.39, 0.29) is 5.56 Å². The number of hydrogen-bond acceptors (Lipinski definition) is 1. The molecular weight excluding hydrogens is 206 g/mol. The normalized spacial score (nSPS) is 16.8. The number of H-pyrrole nitrogens is 1. The Hall–Kier alpha value is -0.570. The Morgan fingerprint density at radius 2 is 2.27 bits per heavy atom. The molecular formula is C8H8BrNO. The molecule has 3 heteroatoms. The summed E-state index contributed by atoms with van der Waals surface area (Å²) >= 11 is 3.20. The molecule has 0 unspecified atom stereocenters. The largest absolute Gasteiger partial charge is 0.328 e. The van der Waals surface area contributed by atoms with E-state index in [1.54, 1.807) is 0 Å². The number of hydrogen-bond donors (Lipinski definition) is 1. The molecule has 0 saturated heterocycles. The lowest BCUT2D eigenvalue weighted by atomic mass is 10.2. The number of aromatic amines is 1. The molecule has 0 spiro atoms. The van der Waals surface area contributed by atoms with Crippen LogP contribution in [-0.4, -0.2) is 4.98 Å². The third-order valence-electron chi connectivity index (χ3n) is 1.93. The van der Waals surface area contributed by atoms with E-state index in [4.69, 9.17) is 0 Å². The molecule has 1 aromatic rings. The van der Waals surface area contributed by atoms with Gasteiger partial charge in [0.25, 0.3) is 5.56 Å². The summed E-state index contributed by atoms with van der Waals surface area (Å²) in [6.07, 6.45) is 4.34. The van der Waals surface area contributed by atoms with E-state index in [1.807, 2.05) is 12.3 Å². The van der Waals surface area contributed by atoms with Crippen molar-refractivity contribution in [2.45, 2.75) is 18.8 Å². The molecule has 1 saturated carbocycles. The molecule has 0 aromatic carbocycles. The van der Waals surface area contributed by atoms with Crippen molar-refractivity contribution >= 4 is 15.9 Å². The van der Waals surface area contributed by atoms with Crippen LogP contribution in [0.4, 0.5) is 0 Å². The number of nitrogens with one attached hydrogen (secondary N) is 1. The molecule has 58 valence electrons. The van der Waals surface area contributed by atoms with Crippen molar-refractivity contribution in [2.24, 2.45) is 0 Å². The van der Waals surface area contributed by atoms with Gasteiger partial charge in [-0.2, -0.15) is 0 Å². The number of halogens is 1. The maximum atomic E-state index is 10.9. The van der Waals surface area contributed by atoms with Gasteiger partial charge in [0.1, 0.15) is 0 Å². The van der Waals surface area contributed by atoms with Gasteiger partial charge in [-0.05, 0) is 46.3 Å². The van der Waals surface area contributed by atoms with Crippen LogP contribution < -0.4 is 5.56 Å². The molecule has 0 radical (unpaired) electrons. The highest BCUT2D eigenvalue weighted by Crippen LogP contribution is 2.39. The molecule has 1 heterocycles. The predicted molar refractivity (Wildman–Crippen MR) is 46.7 cm³/mol. The highest BCUT2D eigenvalue weighted by molar-refractivity contribution is 9.10. The van der Waals surface area contributed by atoms with Gasteiger partial charge in [0.15, 0.2) is 0 Å². The summed E-state index contributed by atoms with van der Waals surface area (Å²) in [6, 6.07) is 1.91. The van der Waals surface area contributed by atoms with Crippen molar-refractivity contribution in [3.05, 3.63) is 32.7 Å². The summed E-state index contributed by atoms with van der Waals surface area (Å²) in [5.41, 5.74) is 1.20. The van der Waals surface area contributed by atoms with Crippen molar-refractivity contribution in [1.29, 1.82) is 0 Å². The van der Waals surface area contributed by atoms with Crippen molar-refractivity contribution in [1.82, 2.24) is 4.98 Å². The summed E-state index contributed by atoms with van der Waals surface area (Å²) in [5, 5.41) is 0. The number of aromatic nitrogens is 1. The van der Waals surface area contributed by atoms with Gasteiger partial charge >= 0.3 is 0 Å². The molecule has 1 aliphatic rings. The maximum Gasteiger partial charge on any atom is 0.262 e. The summed E-state index contributed by atoms with van der Waals surface area (Å²) in [7, 11) is 0. The van der Waals surface area contributed by atoms with Gasteiger partial charge in [0.2, 0.25) is 0 Å². The molecule has 0 atom stereocenters. The number of rotatable bonds is 1. The van der Waals surface area contributed by atoms with Gasteiger partial charge < -0.3 is 4.98 Å². The first-order valence-corrected chi connectivity index (χ1v) is 4.45. The Kier molecular flexibility index (Phi) is 1.60. The van der Waals surface area contributed by atoms with Crippen LogP contribution >= 0.6 is 15.9 Å². The Morgan fingerprint density at radius 1 is 1.55 bits per heavy atom. The quantitative estimate of drug-likeness (QED) is 0.761. The van der Waals surface area contributed by atoms with Crippen LogP contribution in [0.3, 0.4) is 0 Å². The highest BCUT2D eigenvalue weighted by Gasteiger charge is 2.23. The highest BCUT2D eigenvalue weighted by atomic mass is 79.9. The fourth-order valence-corrected chi connectivity index (χ4v) is 1.50. The first-order chi connectivity index (χ1) is 5.27. The van der Waals surface area contributed by atoms with Gasteiger partial charge in [-0.3, -0.25) is 4.79 Å². The molecule has 1 aliphatic carbocycles. The Balaban J connectivity index is 2.44. The van der Waals surface area contributed by atoms with Crippen molar-refractivity contribution < 1.29 is 0 Å². The molecule has 2 nitrogen and oxygen atoms in total. The monoisotopic (exact) mass is 213 g/mol. The molecule has 0 bridgehead atoms. The molecule has 1 fully saturated rings. The summed E-state index contributed by atoms with van der Waals surface area (Å²) in [4.78, 5) is 13.6. The van der Waals surface area contributed by atoms with Crippen LogP contribution in [0, 0.1) is 0 Å². The Bertz CT molecular complexity index is 327. The minimum atomic E-state index is -0.0469. The van der Waals surface area contributed by atoms with Crippen molar-refractivity contribution in [2.75, 3.05) is 0 Å². The van der Waals surface area contributed by atoms with Crippen molar-refractivity contribution in [3.63, 3.8) is 0 Å². The van der Waals surface area contributed by atoms with E-state index in [2.05, 4.69) is 20.9 Å². The SMILES string of the molecule is O=c1[nH]cc(C2CC2)cc1Br. The lowest BCUT2D eigenvalue weighted by molar-refractivity contribution is 1.07. The topological polar surface area (TPSA) is 32.9 Å². The molecule has 0 amide bonds. The zero-order valence-electron chi connectivity index (χ0n) is 5.93. The lowest BCUT2D eigenvalue weighted by Crippen LogP contribution is -2.05. The van der Waals surface area contributed by atoms with Gasteiger partial charge in [-0.15, -0.1) is 0 Å². The van der Waals surface area contributed by atoms with Crippen LogP contribution in [0.25, 0.3) is 0 Å². The summed E-state index contributed by atoms with van der Waals surface area (Å²) in [6.45, 7) is 0. The fourth-order valence-electron chi connectivity index (χ4n) is 1.12. The second kappa shape index (κ2) is 2.48. The van der Waals surface area contributed by atoms with E-state index in [1.165, 1.54) is 18.4 Å². The Labute approximate surface area is 72.8 Å². The average Bonchev–Trinajstić information content (AvgIpc) is 2.77. The predicted octanol–water partition coefficient (Wildman–Crippen LogP) is 2.01. The number of pyridine rings is 1. The minimum absolute atomic E-state index is 0.0469.